The average Bonchev–Trinajstić information content (AvgIpc) is 2.45. The number of aliphatic hydroxyl groups excluding tert-OH is 1. The number of benzene rings is 1. The number of aliphatic imine (C=N–C) groups is 1. The summed E-state index contributed by atoms with van der Waals surface area (Å²) in [6, 6.07) is 7.26. The van der Waals surface area contributed by atoms with E-state index in [4.69, 9.17) is 17.3 Å². The molecular weight excluding hydrogens is 401 g/mol. The molecule has 0 amide bonds. The first-order valence-corrected chi connectivity index (χ1v) is 7.43. The summed E-state index contributed by atoms with van der Waals surface area (Å²) in [4.78, 5) is 6.38. The highest BCUT2D eigenvalue weighted by molar-refractivity contribution is 14.0. The Morgan fingerprint density at radius 1 is 1.43 bits per heavy atom. The van der Waals surface area contributed by atoms with Gasteiger partial charge in [-0.25, -0.2) is 0 Å². The van der Waals surface area contributed by atoms with Gasteiger partial charge in [-0.1, -0.05) is 36.7 Å². The van der Waals surface area contributed by atoms with Crippen LogP contribution < -0.4 is 5.73 Å². The van der Waals surface area contributed by atoms with Crippen molar-refractivity contribution in [1.29, 1.82) is 0 Å². The highest BCUT2D eigenvalue weighted by atomic mass is 127. The number of piperidine rings is 1. The summed E-state index contributed by atoms with van der Waals surface area (Å²) in [6.45, 7) is 4.38. The van der Waals surface area contributed by atoms with Crippen molar-refractivity contribution in [3.05, 3.63) is 34.9 Å². The number of nitrogens with zero attached hydrogens (tertiary/aromatic N) is 2. The molecule has 1 saturated heterocycles. The van der Waals surface area contributed by atoms with Gasteiger partial charge in [-0.15, -0.1) is 24.0 Å². The molecule has 1 heterocycles. The van der Waals surface area contributed by atoms with E-state index in [1.54, 1.807) is 12.1 Å². The molecule has 0 radical (unpaired) electrons. The number of aliphatic hydroxyl groups is 1. The molecular formula is C15H23ClIN3O. The van der Waals surface area contributed by atoms with Gasteiger partial charge in [0, 0.05) is 23.7 Å². The van der Waals surface area contributed by atoms with Crippen molar-refractivity contribution in [3.8, 4) is 0 Å². The van der Waals surface area contributed by atoms with Gasteiger partial charge < -0.3 is 15.7 Å². The number of halogens is 2. The first-order valence-electron chi connectivity index (χ1n) is 7.05. The first-order chi connectivity index (χ1) is 9.58. The smallest absolute Gasteiger partial charge is 0.191 e. The van der Waals surface area contributed by atoms with Gasteiger partial charge in [0.1, 0.15) is 6.10 Å². The van der Waals surface area contributed by atoms with Gasteiger partial charge in [-0.05, 0) is 24.8 Å². The van der Waals surface area contributed by atoms with Crippen LogP contribution in [0, 0.1) is 5.92 Å². The van der Waals surface area contributed by atoms with E-state index >= 15 is 0 Å². The van der Waals surface area contributed by atoms with E-state index in [0.717, 1.165) is 31.8 Å². The molecule has 0 aromatic heterocycles. The topological polar surface area (TPSA) is 61.8 Å². The standard InChI is InChI=1S/C15H22ClN3O.HI/c1-11-6-8-19(9-7-11)15(17)18-10-14(20)12-4-2-3-5-13(12)16;/h2-5,11,14,20H,6-10H2,1H3,(H2,17,18);1H. The van der Waals surface area contributed by atoms with E-state index in [0.29, 0.717) is 16.5 Å². The number of hydrogen-bond acceptors (Lipinski definition) is 2. The van der Waals surface area contributed by atoms with E-state index in [-0.39, 0.29) is 30.5 Å². The zero-order valence-electron chi connectivity index (χ0n) is 12.2. The van der Waals surface area contributed by atoms with Crippen LogP contribution in [0.2, 0.25) is 5.02 Å². The summed E-state index contributed by atoms with van der Waals surface area (Å²) in [5.74, 6) is 1.27. The molecule has 1 fully saturated rings. The molecule has 1 aromatic rings. The van der Waals surface area contributed by atoms with Crippen molar-refractivity contribution >= 4 is 41.5 Å². The Kier molecular flexibility index (Phi) is 7.76. The third-order valence-corrected chi connectivity index (χ3v) is 4.14. The molecule has 1 aromatic carbocycles. The van der Waals surface area contributed by atoms with Crippen LogP contribution >= 0.6 is 35.6 Å². The maximum Gasteiger partial charge on any atom is 0.191 e. The van der Waals surface area contributed by atoms with Gasteiger partial charge in [0.2, 0.25) is 0 Å². The second-order valence-electron chi connectivity index (χ2n) is 5.41. The molecule has 4 nitrogen and oxygen atoms in total. The van der Waals surface area contributed by atoms with Gasteiger partial charge in [-0.2, -0.15) is 0 Å². The summed E-state index contributed by atoms with van der Waals surface area (Å²) >= 11 is 6.05. The lowest BCUT2D eigenvalue weighted by molar-refractivity contribution is 0.186. The Morgan fingerprint density at radius 3 is 2.67 bits per heavy atom. The maximum absolute atomic E-state index is 10.1. The predicted molar refractivity (Wildman–Crippen MR) is 98.3 cm³/mol. The second kappa shape index (κ2) is 8.80. The van der Waals surface area contributed by atoms with Gasteiger partial charge in [0.25, 0.3) is 0 Å². The Bertz CT molecular complexity index is 476. The molecule has 6 heteroatoms. The summed E-state index contributed by atoms with van der Waals surface area (Å²) in [5, 5.41) is 10.7. The zero-order valence-corrected chi connectivity index (χ0v) is 15.3. The highest BCUT2D eigenvalue weighted by Gasteiger charge is 2.17. The summed E-state index contributed by atoms with van der Waals surface area (Å²) in [5.41, 5.74) is 6.68. The van der Waals surface area contributed by atoms with Crippen molar-refractivity contribution in [2.24, 2.45) is 16.6 Å². The Morgan fingerprint density at radius 2 is 2.05 bits per heavy atom. The molecule has 1 aliphatic rings. The van der Waals surface area contributed by atoms with E-state index in [1.807, 2.05) is 12.1 Å². The number of nitrogens with two attached hydrogens (primary N) is 1. The molecule has 0 aliphatic carbocycles. The molecule has 3 N–H and O–H groups in total. The monoisotopic (exact) mass is 423 g/mol. The van der Waals surface area contributed by atoms with Crippen molar-refractivity contribution in [3.63, 3.8) is 0 Å². The molecule has 1 aliphatic heterocycles. The van der Waals surface area contributed by atoms with Crippen molar-refractivity contribution in [2.45, 2.75) is 25.9 Å². The largest absolute Gasteiger partial charge is 0.386 e. The normalized spacial score (nSPS) is 18.2. The molecule has 0 bridgehead atoms. The fourth-order valence-corrected chi connectivity index (χ4v) is 2.62. The summed E-state index contributed by atoms with van der Waals surface area (Å²) in [7, 11) is 0. The Hall–Kier alpha value is -0.530. The van der Waals surface area contributed by atoms with E-state index in [9.17, 15) is 5.11 Å². The highest BCUT2D eigenvalue weighted by Crippen LogP contribution is 2.22. The van der Waals surface area contributed by atoms with Crippen LogP contribution in [-0.2, 0) is 0 Å². The van der Waals surface area contributed by atoms with Crippen LogP contribution in [0.25, 0.3) is 0 Å². The molecule has 118 valence electrons. The fourth-order valence-electron chi connectivity index (χ4n) is 2.36. The van der Waals surface area contributed by atoms with Crippen LogP contribution in [-0.4, -0.2) is 35.6 Å². The molecule has 1 unspecified atom stereocenters. The van der Waals surface area contributed by atoms with E-state index in [1.165, 1.54) is 0 Å². The van der Waals surface area contributed by atoms with Crippen LogP contribution in [0.15, 0.2) is 29.3 Å². The lowest BCUT2D eigenvalue weighted by atomic mass is 10.00. The molecule has 0 saturated carbocycles. The first kappa shape index (κ1) is 18.5. The van der Waals surface area contributed by atoms with Gasteiger partial charge in [0.15, 0.2) is 5.96 Å². The van der Waals surface area contributed by atoms with Crippen LogP contribution in [0.3, 0.4) is 0 Å². The number of rotatable bonds is 3. The van der Waals surface area contributed by atoms with E-state index < -0.39 is 6.10 Å². The lowest BCUT2D eigenvalue weighted by Crippen LogP contribution is -2.42. The van der Waals surface area contributed by atoms with Gasteiger partial charge in [0.05, 0.1) is 6.54 Å². The Balaban J connectivity index is 0.00000220. The van der Waals surface area contributed by atoms with Crippen molar-refractivity contribution in [2.75, 3.05) is 19.6 Å². The van der Waals surface area contributed by atoms with Crippen molar-refractivity contribution < 1.29 is 5.11 Å². The maximum atomic E-state index is 10.1. The molecule has 21 heavy (non-hydrogen) atoms. The van der Waals surface area contributed by atoms with Crippen LogP contribution in [0.4, 0.5) is 0 Å². The third kappa shape index (κ3) is 5.30. The lowest BCUT2D eigenvalue weighted by Gasteiger charge is -2.31. The minimum absolute atomic E-state index is 0. The SMILES string of the molecule is CC1CCN(C(N)=NCC(O)c2ccccc2Cl)CC1.I. The van der Waals surface area contributed by atoms with E-state index in [2.05, 4.69) is 16.8 Å². The van der Waals surface area contributed by atoms with Crippen LogP contribution in [0.5, 0.6) is 0 Å². The molecule has 2 rings (SSSR count). The Labute approximate surface area is 148 Å². The quantitative estimate of drug-likeness (QED) is 0.446. The third-order valence-electron chi connectivity index (χ3n) is 3.80. The number of likely N-dealkylation sites (tertiary alicyclic amines) is 1. The number of guanidine groups is 1. The van der Waals surface area contributed by atoms with Crippen LogP contribution in [0.1, 0.15) is 31.4 Å². The summed E-state index contributed by atoms with van der Waals surface area (Å²) < 4.78 is 0. The zero-order chi connectivity index (χ0) is 14.5. The van der Waals surface area contributed by atoms with Gasteiger partial charge >= 0.3 is 0 Å². The number of hydrogen-bond donors (Lipinski definition) is 2. The molecule has 1 atom stereocenters. The summed E-state index contributed by atoms with van der Waals surface area (Å²) in [6.07, 6.45) is 1.57. The minimum atomic E-state index is -0.717. The average molecular weight is 424 g/mol. The fraction of sp³-hybridized carbons (Fsp3) is 0.533. The molecule has 0 spiro atoms. The predicted octanol–water partition coefficient (Wildman–Crippen LogP) is 3.04. The van der Waals surface area contributed by atoms with Gasteiger partial charge in [-0.3, -0.25) is 4.99 Å². The van der Waals surface area contributed by atoms with Crippen molar-refractivity contribution in [1.82, 2.24) is 4.90 Å². The second-order valence-corrected chi connectivity index (χ2v) is 5.81. The minimum Gasteiger partial charge on any atom is -0.386 e.